The standard InChI is InChI=1S/C12H15NO3S/c14-12(15)9-1-2-11(17)10(7-9)8-13-3-5-16-6-4-13/h1-2,7,17H,3-6,8H2,(H,14,15). The van der Waals surface area contributed by atoms with Gasteiger partial charge in [0.25, 0.3) is 0 Å². The van der Waals surface area contributed by atoms with Gasteiger partial charge in [-0.25, -0.2) is 4.79 Å². The maximum Gasteiger partial charge on any atom is 0.335 e. The van der Waals surface area contributed by atoms with Crippen LogP contribution in [0.5, 0.6) is 0 Å². The fourth-order valence-corrected chi connectivity index (χ4v) is 2.06. The van der Waals surface area contributed by atoms with E-state index >= 15 is 0 Å². The lowest BCUT2D eigenvalue weighted by atomic mass is 10.1. The molecule has 0 bridgehead atoms. The number of aromatic carboxylic acids is 1. The van der Waals surface area contributed by atoms with Crippen LogP contribution in [0, 0.1) is 0 Å². The summed E-state index contributed by atoms with van der Waals surface area (Å²) in [6, 6.07) is 5.01. The number of carbonyl (C=O) groups is 1. The number of nitrogens with zero attached hydrogens (tertiary/aromatic N) is 1. The molecule has 5 heteroatoms. The second-order valence-corrected chi connectivity index (χ2v) is 4.52. The second-order valence-electron chi connectivity index (χ2n) is 4.04. The van der Waals surface area contributed by atoms with E-state index < -0.39 is 5.97 Å². The van der Waals surface area contributed by atoms with Crippen molar-refractivity contribution in [3.8, 4) is 0 Å². The van der Waals surface area contributed by atoms with Gasteiger partial charge in [0.15, 0.2) is 0 Å². The zero-order chi connectivity index (χ0) is 12.3. The summed E-state index contributed by atoms with van der Waals surface area (Å²) in [5.74, 6) is -0.901. The van der Waals surface area contributed by atoms with Gasteiger partial charge in [-0.1, -0.05) is 0 Å². The molecule has 1 aromatic carbocycles. The lowest BCUT2D eigenvalue weighted by molar-refractivity contribution is 0.0338. The Kier molecular flexibility index (Phi) is 4.04. The molecule has 0 aliphatic carbocycles. The topological polar surface area (TPSA) is 49.8 Å². The molecule has 2 rings (SSSR count). The number of hydrogen-bond acceptors (Lipinski definition) is 4. The summed E-state index contributed by atoms with van der Waals surface area (Å²) in [6.45, 7) is 3.96. The largest absolute Gasteiger partial charge is 0.478 e. The highest BCUT2D eigenvalue weighted by Gasteiger charge is 2.13. The molecule has 4 nitrogen and oxygen atoms in total. The average Bonchev–Trinajstić information content (AvgIpc) is 2.33. The summed E-state index contributed by atoms with van der Waals surface area (Å²) >= 11 is 4.36. The molecule has 0 unspecified atom stereocenters. The summed E-state index contributed by atoms with van der Waals surface area (Å²) in [7, 11) is 0. The molecule has 1 heterocycles. The zero-order valence-corrected chi connectivity index (χ0v) is 10.3. The zero-order valence-electron chi connectivity index (χ0n) is 9.43. The van der Waals surface area contributed by atoms with E-state index in [1.807, 2.05) is 0 Å². The first-order valence-electron chi connectivity index (χ1n) is 5.52. The third-order valence-electron chi connectivity index (χ3n) is 2.82. The molecule has 1 aromatic rings. The third kappa shape index (κ3) is 3.21. The minimum Gasteiger partial charge on any atom is -0.478 e. The number of thiol groups is 1. The minimum absolute atomic E-state index is 0.311. The highest BCUT2D eigenvalue weighted by Crippen LogP contribution is 2.18. The summed E-state index contributed by atoms with van der Waals surface area (Å²) in [4.78, 5) is 14.0. The van der Waals surface area contributed by atoms with E-state index in [9.17, 15) is 4.79 Å². The monoisotopic (exact) mass is 253 g/mol. The number of carboxylic acids is 1. The summed E-state index contributed by atoms with van der Waals surface area (Å²) in [5.41, 5.74) is 1.26. The first kappa shape index (κ1) is 12.4. The van der Waals surface area contributed by atoms with Crippen molar-refractivity contribution in [2.75, 3.05) is 26.3 Å². The Morgan fingerprint density at radius 2 is 2.12 bits per heavy atom. The quantitative estimate of drug-likeness (QED) is 0.802. The van der Waals surface area contributed by atoms with Crippen molar-refractivity contribution in [1.82, 2.24) is 4.90 Å². The van der Waals surface area contributed by atoms with E-state index in [0.29, 0.717) is 5.56 Å². The fraction of sp³-hybridized carbons (Fsp3) is 0.417. The Bertz CT molecular complexity index is 416. The van der Waals surface area contributed by atoms with Crippen LogP contribution in [0.3, 0.4) is 0 Å². The summed E-state index contributed by atoms with van der Waals surface area (Å²) < 4.78 is 5.27. The molecule has 0 radical (unpaired) electrons. The number of hydrogen-bond donors (Lipinski definition) is 2. The highest BCUT2D eigenvalue weighted by atomic mass is 32.1. The predicted octanol–water partition coefficient (Wildman–Crippen LogP) is 1.51. The third-order valence-corrected chi connectivity index (χ3v) is 3.26. The predicted molar refractivity (Wildman–Crippen MR) is 66.7 cm³/mol. The van der Waals surface area contributed by atoms with Crippen molar-refractivity contribution < 1.29 is 14.6 Å². The molecule has 1 fully saturated rings. The fourth-order valence-electron chi connectivity index (χ4n) is 1.85. The molecule has 92 valence electrons. The first-order valence-corrected chi connectivity index (χ1v) is 5.97. The number of ether oxygens (including phenoxy) is 1. The maximum absolute atomic E-state index is 10.9. The van der Waals surface area contributed by atoms with Crippen LogP contribution in [0.4, 0.5) is 0 Å². The van der Waals surface area contributed by atoms with Crippen molar-refractivity contribution >= 4 is 18.6 Å². The van der Waals surface area contributed by atoms with Gasteiger partial charge in [-0.05, 0) is 23.8 Å². The van der Waals surface area contributed by atoms with E-state index in [2.05, 4.69) is 17.5 Å². The Balaban J connectivity index is 2.13. The molecule has 0 atom stereocenters. The first-order chi connectivity index (χ1) is 8.16. The van der Waals surface area contributed by atoms with Crippen LogP contribution < -0.4 is 0 Å². The van der Waals surface area contributed by atoms with Crippen molar-refractivity contribution in [3.63, 3.8) is 0 Å². The molecular formula is C12H15NO3S. The van der Waals surface area contributed by atoms with E-state index in [0.717, 1.165) is 43.3 Å². The normalized spacial score (nSPS) is 17.0. The van der Waals surface area contributed by atoms with Gasteiger partial charge in [-0.15, -0.1) is 12.6 Å². The van der Waals surface area contributed by atoms with Crippen molar-refractivity contribution in [1.29, 1.82) is 0 Å². The van der Waals surface area contributed by atoms with E-state index in [-0.39, 0.29) is 0 Å². The van der Waals surface area contributed by atoms with Gasteiger partial charge in [0.05, 0.1) is 18.8 Å². The van der Waals surface area contributed by atoms with Crippen LogP contribution >= 0.6 is 12.6 Å². The van der Waals surface area contributed by atoms with Gasteiger partial charge in [-0.2, -0.15) is 0 Å². The molecule has 17 heavy (non-hydrogen) atoms. The van der Waals surface area contributed by atoms with Crippen molar-refractivity contribution in [2.45, 2.75) is 11.4 Å². The summed E-state index contributed by atoms with van der Waals surface area (Å²) in [6.07, 6.45) is 0. The Hall–Kier alpha value is -1.04. The average molecular weight is 253 g/mol. The van der Waals surface area contributed by atoms with Crippen LogP contribution in [0.25, 0.3) is 0 Å². The van der Waals surface area contributed by atoms with Gasteiger partial charge >= 0.3 is 5.97 Å². The molecule has 0 spiro atoms. The Morgan fingerprint density at radius 3 is 2.76 bits per heavy atom. The van der Waals surface area contributed by atoms with Gasteiger partial charge in [0.1, 0.15) is 0 Å². The molecule has 0 aromatic heterocycles. The minimum atomic E-state index is -0.901. The lowest BCUT2D eigenvalue weighted by Crippen LogP contribution is -2.35. The van der Waals surface area contributed by atoms with Gasteiger partial charge in [0, 0.05) is 24.5 Å². The van der Waals surface area contributed by atoms with Crippen molar-refractivity contribution in [3.05, 3.63) is 29.3 Å². The van der Waals surface area contributed by atoms with Crippen LogP contribution in [0.2, 0.25) is 0 Å². The highest BCUT2D eigenvalue weighted by molar-refractivity contribution is 7.80. The molecular weight excluding hydrogens is 238 g/mol. The smallest absolute Gasteiger partial charge is 0.335 e. The van der Waals surface area contributed by atoms with Crippen LogP contribution in [-0.4, -0.2) is 42.3 Å². The number of carboxylic acid groups (broad SMARTS) is 1. The lowest BCUT2D eigenvalue weighted by Gasteiger charge is -2.27. The molecule has 1 aliphatic rings. The number of rotatable bonds is 3. The number of morpholine rings is 1. The SMILES string of the molecule is O=C(O)c1ccc(S)c(CN2CCOCC2)c1. The van der Waals surface area contributed by atoms with Gasteiger partial charge in [0.2, 0.25) is 0 Å². The van der Waals surface area contributed by atoms with Crippen LogP contribution in [-0.2, 0) is 11.3 Å². The Morgan fingerprint density at radius 1 is 1.41 bits per heavy atom. The maximum atomic E-state index is 10.9. The van der Waals surface area contributed by atoms with Gasteiger partial charge < -0.3 is 9.84 Å². The van der Waals surface area contributed by atoms with E-state index in [4.69, 9.17) is 9.84 Å². The van der Waals surface area contributed by atoms with E-state index in [1.54, 1.807) is 18.2 Å². The summed E-state index contributed by atoms with van der Waals surface area (Å²) in [5, 5.41) is 8.95. The van der Waals surface area contributed by atoms with E-state index in [1.165, 1.54) is 0 Å². The Labute approximate surface area is 106 Å². The molecule has 1 N–H and O–H groups in total. The molecule has 1 saturated heterocycles. The van der Waals surface area contributed by atoms with Crippen LogP contribution in [0.1, 0.15) is 15.9 Å². The molecule has 0 amide bonds. The molecule has 1 aliphatic heterocycles. The second kappa shape index (κ2) is 5.53. The molecule has 0 saturated carbocycles. The number of benzene rings is 1. The van der Waals surface area contributed by atoms with Gasteiger partial charge in [-0.3, -0.25) is 4.90 Å². The van der Waals surface area contributed by atoms with Crippen LogP contribution in [0.15, 0.2) is 23.1 Å². The van der Waals surface area contributed by atoms with Crippen molar-refractivity contribution in [2.24, 2.45) is 0 Å².